The van der Waals surface area contributed by atoms with Crippen molar-refractivity contribution in [2.75, 3.05) is 10.6 Å². The van der Waals surface area contributed by atoms with Gasteiger partial charge in [-0.05, 0) is 18.2 Å². The van der Waals surface area contributed by atoms with E-state index in [0.717, 1.165) is 0 Å². The van der Waals surface area contributed by atoms with Crippen molar-refractivity contribution in [3.8, 4) is 11.6 Å². The number of urea groups is 1. The van der Waals surface area contributed by atoms with Gasteiger partial charge in [-0.15, -0.1) is 5.10 Å². The monoisotopic (exact) mass is 302 g/mol. The second-order valence-corrected chi connectivity index (χ2v) is 4.35. The Hall–Kier alpha value is -3.23. The molecule has 0 unspecified atom stereocenters. The first-order valence-corrected chi connectivity index (χ1v) is 6.28. The number of benzene rings is 1. The zero-order chi connectivity index (χ0) is 15.5. The van der Waals surface area contributed by atoms with Crippen LogP contribution in [0, 0.1) is 5.82 Å². The van der Waals surface area contributed by atoms with Crippen LogP contribution in [0.1, 0.15) is 0 Å². The lowest BCUT2D eigenvalue weighted by molar-refractivity contribution is 0.261. The zero-order valence-electron chi connectivity index (χ0n) is 11.4. The normalized spacial score (nSPS) is 10.5. The Morgan fingerprint density at radius 1 is 1.23 bits per heavy atom. The van der Waals surface area contributed by atoms with Crippen LogP contribution in [0.5, 0.6) is 0 Å². The van der Waals surface area contributed by atoms with Crippen LogP contribution in [0.3, 0.4) is 0 Å². The van der Waals surface area contributed by atoms with Gasteiger partial charge in [0.05, 0.1) is 5.69 Å². The van der Waals surface area contributed by atoms with Gasteiger partial charge in [0.1, 0.15) is 11.5 Å². The van der Waals surface area contributed by atoms with Gasteiger partial charge in [0.15, 0.2) is 0 Å². The smallest absolute Gasteiger partial charge is 0.327 e. The quantitative estimate of drug-likeness (QED) is 0.773. The summed E-state index contributed by atoms with van der Waals surface area (Å²) in [4.78, 5) is 11.7. The second kappa shape index (κ2) is 5.64. The first-order valence-electron chi connectivity index (χ1n) is 6.28. The number of anilines is 2. The third-order valence-electron chi connectivity index (χ3n) is 2.70. The molecule has 0 spiro atoms. The van der Waals surface area contributed by atoms with Gasteiger partial charge < -0.3 is 9.73 Å². The second-order valence-electron chi connectivity index (χ2n) is 4.35. The van der Waals surface area contributed by atoms with Crippen LogP contribution in [0.15, 0.2) is 40.9 Å². The van der Waals surface area contributed by atoms with Crippen LogP contribution in [0.4, 0.5) is 20.9 Å². The first-order chi connectivity index (χ1) is 10.6. The molecule has 9 heteroatoms. The molecule has 0 bridgehead atoms. The molecule has 2 amide bonds. The van der Waals surface area contributed by atoms with E-state index in [1.54, 1.807) is 30.1 Å². The molecule has 0 saturated carbocycles. The standard InChI is InChI=1S/C13H11FN6O2/c1-20-7-6-10(19-20)11-17-18-13(22-11)16-12(21)15-9-5-3-2-4-8(9)14/h2-7H,1H3,(H2,15,16,18,21). The molecule has 0 fully saturated rings. The number of aromatic nitrogens is 4. The molecule has 0 radical (unpaired) electrons. The Morgan fingerprint density at radius 3 is 2.77 bits per heavy atom. The summed E-state index contributed by atoms with van der Waals surface area (Å²) >= 11 is 0. The van der Waals surface area contributed by atoms with Crippen molar-refractivity contribution in [2.45, 2.75) is 0 Å². The van der Waals surface area contributed by atoms with Crippen molar-refractivity contribution >= 4 is 17.7 Å². The van der Waals surface area contributed by atoms with E-state index in [9.17, 15) is 9.18 Å². The highest BCUT2D eigenvalue weighted by molar-refractivity contribution is 5.98. The van der Waals surface area contributed by atoms with E-state index >= 15 is 0 Å². The molecule has 1 aromatic carbocycles. The number of aryl methyl sites for hydroxylation is 1. The van der Waals surface area contributed by atoms with E-state index < -0.39 is 11.8 Å². The summed E-state index contributed by atoms with van der Waals surface area (Å²) in [5.41, 5.74) is 0.530. The molecule has 8 nitrogen and oxygen atoms in total. The zero-order valence-corrected chi connectivity index (χ0v) is 11.4. The molecule has 2 aromatic heterocycles. The fourth-order valence-electron chi connectivity index (χ4n) is 1.72. The first kappa shape index (κ1) is 13.7. The van der Waals surface area contributed by atoms with Gasteiger partial charge in [0.2, 0.25) is 0 Å². The molecule has 0 aliphatic carbocycles. The highest BCUT2D eigenvalue weighted by Gasteiger charge is 2.13. The molecule has 2 N–H and O–H groups in total. The minimum Gasteiger partial charge on any atom is -0.401 e. The largest absolute Gasteiger partial charge is 0.401 e. The van der Waals surface area contributed by atoms with Gasteiger partial charge in [-0.25, -0.2) is 9.18 Å². The predicted molar refractivity (Wildman–Crippen MR) is 75.5 cm³/mol. The summed E-state index contributed by atoms with van der Waals surface area (Å²) in [6, 6.07) is 6.68. The molecule has 0 saturated heterocycles. The number of nitrogens with one attached hydrogen (secondary N) is 2. The number of carbonyl (C=O) groups excluding carboxylic acids is 1. The van der Waals surface area contributed by atoms with Gasteiger partial charge in [-0.3, -0.25) is 10.00 Å². The van der Waals surface area contributed by atoms with E-state index in [1.807, 2.05) is 0 Å². The molecule has 0 aliphatic heterocycles. The maximum atomic E-state index is 13.4. The number of amides is 2. The number of rotatable bonds is 3. The third kappa shape index (κ3) is 2.92. The van der Waals surface area contributed by atoms with Crippen molar-refractivity contribution in [2.24, 2.45) is 7.05 Å². The Kier molecular flexibility index (Phi) is 3.52. The summed E-state index contributed by atoms with van der Waals surface area (Å²) in [6.07, 6.45) is 1.72. The molecule has 22 heavy (non-hydrogen) atoms. The van der Waals surface area contributed by atoms with E-state index in [0.29, 0.717) is 5.69 Å². The van der Waals surface area contributed by atoms with E-state index in [4.69, 9.17) is 4.42 Å². The van der Waals surface area contributed by atoms with E-state index in [2.05, 4.69) is 25.9 Å². The van der Waals surface area contributed by atoms with Crippen LogP contribution in [0.2, 0.25) is 0 Å². The van der Waals surface area contributed by atoms with Crippen LogP contribution in [-0.4, -0.2) is 26.0 Å². The summed E-state index contributed by atoms with van der Waals surface area (Å²) in [5.74, 6) is -0.376. The van der Waals surface area contributed by atoms with Crippen molar-refractivity contribution in [1.82, 2.24) is 20.0 Å². The molecule has 2 heterocycles. The van der Waals surface area contributed by atoms with E-state index in [1.165, 1.54) is 18.2 Å². The Bertz CT molecular complexity index is 812. The Labute approximate surface area is 124 Å². The minimum absolute atomic E-state index is 0.0458. The highest BCUT2D eigenvalue weighted by Crippen LogP contribution is 2.18. The number of nitrogens with zero attached hydrogens (tertiary/aromatic N) is 4. The summed E-state index contributed by atoms with van der Waals surface area (Å²) in [6.45, 7) is 0. The third-order valence-corrected chi connectivity index (χ3v) is 2.70. The molecule has 3 rings (SSSR count). The molecule has 112 valence electrons. The van der Waals surface area contributed by atoms with Crippen molar-refractivity contribution in [1.29, 1.82) is 0 Å². The van der Waals surface area contributed by atoms with Crippen molar-refractivity contribution in [3.63, 3.8) is 0 Å². The topological polar surface area (TPSA) is 97.9 Å². The van der Waals surface area contributed by atoms with Gasteiger partial charge >= 0.3 is 12.0 Å². The van der Waals surface area contributed by atoms with Crippen LogP contribution < -0.4 is 10.6 Å². The number of para-hydroxylation sites is 1. The molecule has 0 atom stereocenters. The van der Waals surface area contributed by atoms with Crippen LogP contribution in [0.25, 0.3) is 11.6 Å². The number of halogens is 1. The number of hydrogen-bond acceptors (Lipinski definition) is 5. The van der Waals surface area contributed by atoms with Gasteiger partial charge in [-0.1, -0.05) is 17.2 Å². The number of hydrogen-bond donors (Lipinski definition) is 2. The molecular weight excluding hydrogens is 291 g/mol. The average Bonchev–Trinajstić information content (AvgIpc) is 3.10. The van der Waals surface area contributed by atoms with Crippen LogP contribution >= 0.6 is 0 Å². The number of carbonyl (C=O) groups is 1. The maximum Gasteiger partial charge on any atom is 0.327 e. The fourth-order valence-corrected chi connectivity index (χ4v) is 1.72. The molecule has 3 aromatic rings. The van der Waals surface area contributed by atoms with Gasteiger partial charge in [0.25, 0.3) is 5.89 Å². The van der Waals surface area contributed by atoms with Gasteiger partial charge in [0, 0.05) is 13.2 Å². The van der Waals surface area contributed by atoms with Crippen molar-refractivity contribution < 1.29 is 13.6 Å². The van der Waals surface area contributed by atoms with Gasteiger partial charge in [-0.2, -0.15) is 5.10 Å². The lowest BCUT2D eigenvalue weighted by Crippen LogP contribution is -2.20. The highest BCUT2D eigenvalue weighted by atomic mass is 19.1. The SMILES string of the molecule is Cn1ccc(-c2nnc(NC(=O)Nc3ccccc3F)o2)n1. The predicted octanol–water partition coefficient (Wildman–Crippen LogP) is 2.25. The summed E-state index contributed by atoms with van der Waals surface area (Å²) in [7, 11) is 1.75. The summed E-state index contributed by atoms with van der Waals surface area (Å²) < 4.78 is 20.3. The molecular formula is C13H11FN6O2. The maximum absolute atomic E-state index is 13.4. The Morgan fingerprint density at radius 2 is 2.05 bits per heavy atom. The Balaban J connectivity index is 1.67. The fraction of sp³-hybridized carbons (Fsp3) is 0.0769. The van der Waals surface area contributed by atoms with Crippen LogP contribution in [-0.2, 0) is 7.05 Å². The molecule has 0 aliphatic rings. The average molecular weight is 302 g/mol. The lowest BCUT2D eigenvalue weighted by Gasteiger charge is -2.04. The summed E-state index contributed by atoms with van der Waals surface area (Å²) in [5, 5.41) is 16.2. The minimum atomic E-state index is -0.693. The lowest BCUT2D eigenvalue weighted by atomic mass is 10.3. The van der Waals surface area contributed by atoms with E-state index in [-0.39, 0.29) is 17.6 Å². The van der Waals surface area contributed by atoms with Crippen molar-refractivity contribution in [3.05, 3.63) is 42.3 Å².